The fourth-order valence-corrected chi connectivity index (χ4v) is 8.01. The topological polar surface area (TPSA) is 55.8 Å². The highest BCUT2D eigenvalue weighted by Crippen LogP contribution is 2.61. The molecule has 220 valence electrons. The third-order valence-corrected chi connectivity index (χ3v) is 10.0. The first kappa shape index (κ1) is 31.0. The van der Waals surface area contributed by atoms with Crippen LogP contribution in [0.4, 0.5) is 5.69 Å². The van der Waals surface area contributed by atoms with Crippen LogP contribution in [0.15, 0.2) is 48.1 Å². The molecule has 4 rings (SSSR count). The zero-order chi connectivity index (χ0) is 28.9. The summed E-state index contributed by atoms with van der Waals surface area (Å²) in [6, 6.07) is 8.05. The Morgan fingerprint density at radius 1 is 1.15 bits per heavy atom. The standard InChI is InChI=1S/C33H45Cl2NO4/c1-23-6-14-28-32(2,3)16-5-17-33(28,4)27(23)13-10-25-22-30(40-31(25)38)39-29(37)15-9-24-7-11-26(12-8-24)36(20-18-34)21-19-35/h7-8,10-12,27-28,30H,1,5-6,9,13-22H2,2-4H3/b25-10+/t27-,28-,30?,33+/m0/s1. The van der Waals surface area contributed by atoms with Crippen molar-refractivity contribution < 1.29 is 19.1 Å². The van der Waals surface area contributed by atoms with Gasteiger partial charge in [-0.3, -0.25) is 4.79 Å². The van der Waals surface area contributed by atoms with Crippen LogP contribution in [0.1, 0.15) is 77.7 Å². The maximum Gasteiger partial charge on any atom is 0.337 e. The van der Waals surface area contributed by atoms with Gasteiger partial charge in [0.2, 0.25) is 0 Å². The Morgan fingerprint density at radius 2 is 1.85 bits per heavy atom. The van der Waals surface area contributed by atoms with Crippen LogP contribution in [-0.4, -0.2) is 43.1 Å². The van der Waals surface area contributed by atoms with E-state index in [1.165, 1.54) is 31.3 Å². The van der Waals surface area contributed by atoms with Gasteiger partial charge >= 0.3 is 11.9 Å². The van der Waals surface area contributed by atoms with Gasteiger partial charge in [0, 0.05) is 42.5 Å². The SMILES string of the molecule is C=C1CC[C@H]2C(C)(C)CCC[C@]2(C)[C@H]1C/C=C1\CC(OC(=O)CCc2ccc(N(CCCl)CCCl)cc2)OC1=O. The zero-order valence-electron chi connectivity index (χ0n) is 24.4. The van der Waals surface area contributed by atoms with E-state index in [9.17, 15) is 9.59 Å². The van der Waals surface area contributed by atoms with E-state index in [-0.39, 0.29) is 23.8 Å². The van der Waals surface area contributed by atoms with Crippen molar-refractivity contribution in [1.29, 1.82) is 0 Å². The predicted molar refractivity (Wildman–Crippen MR) is 163 cm³/mol. The molecule has 5 nitrogen and oxygen atoms in total. The van der Waals surface area contributed by atoms with E-state index >= 15 is 0 Å². The molecular formula is C33H45Cl2NO4. The second-order valence-corrected chi connectivity index (χ2v) is 13.4. The first-order valence-corrected chi connectivity index (χ1v) is 15.9. The van der Waals surface area contributed by atoms with Crippen LogP contribution < -0.4 is 4.90 Å². The highest BCUT2D eigenvalue weighted by Gasteiger charge is 2.52. The van der Waals surface area contributed by atoms with E-state index < -0.39 is 6.29 Å². The van der Waals surface area contributed by atoms with E-state index in [2.05, 4.69) is 32.3 Å². The van der Waals surface area contributed by atoms with Crippen molar-refractivity contribution >= 4 is 40.8 Å². The lowest BCUT2D eigenvalue weighted by atomic mass is 9.47. The van der Waals surface area contributed by atoms with E-state index in [1.54, 1.807) is 0 Å². The Balaban J connectivity index is 1.29. The first-order chi connectivity index (χ1) is 19.1. The Bertz CT molecular complexity index is 1090. The monoisotopic (exact) mass is 589 g/mol. The van der Waals surface area contributed by atoms with Crippen LogP contribution in [0, 0.1) is 22.7 Å². The van der Waals surface area contributed by atoms with Crippen molar-refractivity contribution in [2.45, 2.75) is 84.8 Å². The van der Waals surface area contributed by atoms with Crippen LogP contribution in [0.5, 0.6) is 0 Å². The number of anilines is 1. The van der Waals surface area contributed by atoms with Gasteiger partial charge in [0.15, 0.2) is 0 Å². The summed E-state index contributed by atoms with van der Waals surface area (Å²) < 4.78 is 10.9. The molecule has 0 amide bonds. The molecule has 0 bridgehead atoms. The Labute approximate surface area is 250 Å². The maximum atomic E-state index is 12.6. The predicted octanol–water partition coefficient (Wildman–Crippen LogP) is 7.83. The van der Waals surface area contributed by atoms with Gasteiger partial charge in [-0.1, -0.05) is 57.6 Å². The summed E-state index contributed by atoms with van der Waals surface area (Å²) in [5.74, 6) is 1.34. The first-order valence-electron chi connectivity index (χ1n) is 14.8. The molecule has 3 fully saturated rings. The second-order valence-electron chi connectivity index (χ2n) is 12.7. The molecule has 0 aromatic heterocycles. The molecule has 1 aromatic rings. The smallest absolute Gasteiger partial charge is 0.337 e. The molecule has 2 saturated carbocycles. The lowest BCUT2D eigenvalue weighted by Crippen LogP contribution is -2.49. The Morgan fingerprint density at radius 3 is 2.52 bits per heavy atom. The minimum Gasteiger partial charge on any atom is -0.425 e. The molecule has 1 saturated heterocycles. The fourth-order valence-electron chi connectivity index (χ4n) is 7.60. The lowest BCUT2D eigenvalue weighted by molar-refractivity contribution is -0.176. The quantitative estimate of drug-likeness (QED) is 0.114. The van der Waals surface area contributed by atoms with Crippen LogP contribution in [0.2, 0.25) is 0 Å². The van der Waals surface area contributed by atoms with Gasteiger partial charge < -0.3 is 14.4 Å². The second kappa shape index (κ2) is 13.3. The number of hydrogen-bond acceptors (Lipinski definition) is 5. The molecule has 40 heavy (non-hydrogen) atoms. The van der Waals surface area contributed by atoms with Crippen molar-refractivity contribution in [3.05, 3.63) is 53.6 Å². The summed E-state index contributed by atoms with van der Waals surface area (Å²) in [5, 5.41) is 0. The van der Waals surface area contributed by atoms with E-state index in [0.717, 1.165) is 37.2 Å². The van der Waals surface area contributed by atoms with E-state index in [1.807, 2.05) is 30.3 Å². The number of nitrogens with zero attached hydrogens (tertiary/aromatic N) is 1. The number of esters is 2. The molecule has 0 radical (unpaired) electrons. The minimum absolute atomic E-state index is 0.202. The molecule has 2 aliphatic carbocycles. The van der Waals surface area contributed by atoms with Gasteiger partial charge in [0.25, 0.3) is 6.29 Å². The number of benzene rings is 1. The molecule has 1 aromatic carbocycles. The number of ether oxygens (including phenoxy) is 2. The number of allylic oxidation sites excluding steroid dienone is 2. The summed E-state index contributed by atoms with van der Waals surface area (Å²) in [5.41, 5.74) is 4.54. The van der Waals surface area contributed by atoms with Gasteiger partial charge in [-0.2, -0.15) is 0 Å². The number of rotatable bonds is 11. The summed E-state index contributed by atoms with van der Waals surface area (Å²) >= 11 is 11.8. The molecule has 1 heterocycles. The molecule has 1 unspecified atom stereocenters. The number of carbonyl (C=O) groups is 2. The summed E-state index contributed by atoms with van der Waals surface area (Å²) in [6.45, 7) is 13.2. The molecular weight excluding hydrogens is 545 g/mol. The normalized spacial score (nSPS) is 28.7. The molecule has 7 heteroatoms. The summed E-state index contributed by atoms with van der Waals surface area (Å²) in [7, 11) is 0. The largest absolute Gasteiger partial charge is 0.425 e. The summed E-state index contributed by atoms with van der Waals surface area (Å²) in [4.78, 5) is 27.3. The van der Waals surface area contributed by atoms with Crippen molar-refractivity contribution in [2.75, 3.05) is 29.7 Å². The number of cyclic esters (lactones) is 1. The van der Waals surface area contributed by atoms with Crippen molar-refractivity contribution in [1.82, 2.24) is 0 Å². The number of fused-ring (bicyclic) bond motifs is 1. The van der Waals surface area contributed by atoms with E-state index in [0.29, 0.717) is 47.4 Å². The molecule has 0 N–H and O–H groups in total. The number of hydrogen-bond donors (Lipinski definition) is 0. The molecule has 4 atom stereocenters. The van der Waals surface area contributed by atoms with Crippen LogP contribution in [0.3, 0.4) is 0 Å². The van der Waals surface area contributed by atoms with Gasteiger partial charge in [-0.15, -0.1) is 23.2 Å². The van der Waals surface area contributed by atoms with Gasteiger partial charge in [0.05, 0.1) is 6.42 Å². The van der Waals surface area contributed by atoms with Gasteiger partial charge in [0.1, 0.15) is 0 Å². The van der Waals surface area contributed by atoms with Gasteiger partial charge in [-0.25, -0.2) is 4.79 Å². The number of aryl methyl sites for hydroxylation is 1. The van der Waals surface area contributed by atoms with E-state index in [4.69, 9.17) is 32.7 Å². The summed E-state index contributed by atoms with van der Waals surface area (Å²) in [6.07, 6.45) is 9.04. The molecule has 3 aliphatic rings. The van der Waals surface area contributed by atoms with Crippen LogP contribution >= 0.6 is 23.2 Å². The van der Waals surface area contributed by atoms with Crippen LogP contribution in [-0.2, 0) is 25.5 Å². The fraction of sp³-hybridized carbons (Fsp3) is 0.636. The number of halogens is 2. The average Bonchev–Trinajstić information content (AvgIpc) is 3.25. The van der Waals surface area contributed by atoms with Crippen molar-refractivity contribution in [3.8, 4) is 0 Å². The van der Waals surface area contributed by atoms with Crippen molar-refractivity contribution in [2.24, 2.45) is 22.7 Å². The van der Waals surface area contributed by atoms with Gasteiger partial charge in [-0.05, 0) is 78.9 Å². The maximum absolute atomic E-state index is 12.6. The highest BCUT2D eigenvalue weighted by atomic mass is 35.5. The number of carbonyl (C=O) groups excluding carboxylic acids is 2. The Hall–Kier alpha value is -1.98. The average molecular weight is 591 g/mol. The third kappa shape index (κ3) is 7.07. The third-order valence-electron chi connectivity index (χ3n) is 9.70. The lowest BCUT2D eigenvalue weighted by Gasteiger charge is -2.58. The van der Waals surface area contributed by atoms with Crippen LogP contribution in [0.25, 0.3) is 0 Å². The zero-order valence-corrected chi connectivity index (χ0v) is 25.9. The van der Waals surface area contributed by atoms with Crippen molar-refractivity contribution in [3.63, 3.8) is 0 Å². The minimum atomic E-state index is -0.847. The molecule has 1 aliphatic heterocycles. The highest BCUT2D eigenvalue weighted by molar-refractivity contribution is 6.18. The number of alkyl halides is 2. The molecule has 0 spiro atoms. The Kier molecular flexibility index (Phi) is 10.3.